The number of hydrogen-bond acceptors (Lipinski definition) is 2. The first-order valence-electron chi connectivity index (χ1n) is 8.42. The second-order valence-corrected chi connectivity index (χ2v) is 10.9. The van der Waals surface area contributed by atoms with E-state index in [0.29, 0.717) is 9.92 Å². The van der Waals surface area contributed by atoms with Crippen molar-refractivity contribution in [1.82, 2.24) is 0 Å². The van der Waals surface area contributed by atoms with Crippen molar-refractivity contribution in [3.63, 3.8) is 0 Å². The van der Waals surface area contributed by atoms with Crippen molar-refractivity contribution in [2.75, 3.05) is 5.75 Å². The number of allylic oxidation sites excluding steroid dienone is 1. The van der Waals surface area contributed by atoms with Gasteiger partial charge in [0.1, 0.15) is 0 Å². The van der Waals surface area contributed by atoms with E-state index in [2.05, 4.69) is 0 Å². The van der Waals surface area contributed by atoms with E-state index in [1.807, 2.05) is 67.6 Å². The van der Waals surface area contributed by atoms with E-state index in [-0.39, 0.29) is 20.7 Å². The van der Waals surface area contributed by atoms with Crippen LogP contribution >= 0.6 is 11.6 Å². The molecule has 3 aromatic carbocycles. The van der Waals surface area contributed by atoms with E-state index >= 15 is 0 Å². The molecule has 0 aliphatic heterocycles. The monoisotopic (exact) mass is 462 g/mol. The summed E-state index contributed by atoms with van der Waals surface area (Å²) in [5.74, 6) is 0.0143. The zero-order valence-corrected chi connectivity index (χ0v) is 18.1. The molecule has 0 heterocycles. The van der Waals surface area contributed by atoms with Crippen LogP contribution in [0.4, 0.5) is 0 Å². The average molecular weight is 462 g/mol. The summed E-state index contributed by atoms with van der Waals surface area (Å²) >= 11 is 5.91. The Kier molecular flexibility index (Phi) is 6.56. The first-order valence-corrected chi connectivity index (χ1v) is 12.2. The zero-order valence-electron chi connectivity index (χ0n) is 14.8. The molecule has 0 N–H and O–H groups in total. The summed E-state index contributed by atoms with van der Waals surface area (Å²) in [5.41, 5.74) is 1.99. The molecule has 138 valence electrons. The van der Waals surface area contributed by atoms with Crippen LogP contribution in [-0.4, -0.2) is 29.1 Å². The van der Waals surface area contributed by atoms with Crippen molar-refractivity contribution in [2.24, 2.45) is 0 Å². The van der Waals surface area contributed by atoms with Gasteiger partial charge in [-0.2, -0.15) is 0 Å². The topological polar surface area (TPSA) is 34.1 Å². The quantitative estimate of drug-likeness (QED) is 0.504. The van der Waals surface area contributed by atoms with Gasteiger partial charge in [-0.15, -0.1) is 0 Å². The van der Waals surface area contributed by atoms with Gasteiger partial charge in [0, 0.05) is 0 Å². The van der Waals surface area contributed by atoms with Gasteiger partial charge < -0.3 is 0 Å². The van der Waals surface area contributed by atoms with Gasteiger partial charge in [0.15, 0.2) is 0 Å². The van der Waals surface area contributed by atoms with Crippen LogP contribution in [0.1, 0.15) is 12.5 Å². The Morgan fingerprint density at radius 3 is 2.00 bits per heavy atom. The minimum atomic E-state index is -3.41. The molecule has 3 aromatic rings. The molecule has 2 nitrogen and oxygen atoms in total. The molecular weight excluding hydrogens is 443 g/mol. The van der Waals surface area contributed by atoms with Gasteiger partial charge in [-0.25, -0.2) is 0 Å². The molecule has 0 aromatic heterocycles. The van der Waals surface area contributed by atoms with Crippen LogP contribution in [0.5, 0.6) is 0 Å². The molecule has 27 heavy (non-hydrogen) atoms. The van der Waals surface area contributed by atoms with Crippen LogP contribution in [-0.2, 0) is 9.84 Å². The third kappa shape index (κ3) is 5.33. The van der Waals surface area contributed by atoms with Gasteiger partial charge in [-0.05, 0) is 0 Å². The van der Waals surface area contributed by atoms with Gasteiger partial charge >= 0.3 is 172 Å². The summed E-state index contributed by atoms with van der Waals surface area (Å²) < 4.78 is 28.0. The zero-order chi connectivity index (χ0) is 19.3. The van der Waals surface area contributed by atoms with E-state index < -0.39 is 9.84 Å². The summed E-state index contributed by atoms with van der Waals surface area (Å²) in [7, 11) is -3.41. The molecule has 0 aliphatic carbocycles. The van der Waals surface area contributed by atoms with Gasteiger partial charge in [-0.1, -0.05) is 0 Å². The third-order valence-electron chi connectivity index (χ3n) is 4.10. The number of halogens is 1. The van der Waals surface area contributed by atoms with Crippen molar-refractivity contribution >= 4 is 46.4 Å². The van der Waals surface area contributed by atoms with Crippen LogP contribution in [0.2, 0.25) is 5.02 Å². The SMILES string of the molecule is C/C(=C(/CS(=O)(=O)c1ccccc1)[Se]c1ccccc1)c1ccc(Cl)cc1. The van der Waals surface area contributed by atoms with Crippen molar-refractivity contribution in [2.45, 2.75) is 11.8 Å². The number of benzene rings is 3. The average Bonchev–Trinajstić information content (AvgIpc) is 2.69. The molecule has 5 heteroatoms. The fraction of sp³-hybridized carbons (Fsp3) is 0.0909. The van der Waals surface area contributed by atoms with E-state index in [1.54, 1.807) is 24.3 Å². The fourth-order valence-electron chi connectivity index (χ4n) is 2.59. The summed E-state index contributed by atoms with van der Waals surface area (Å²) in [6.07, 6.45) is 0. The molecular formula is C22H19ClO2SSe. The van der Waals surface area contributed by atoms with E-state index in [1.165, 1.54) is 0 Å². The van der Waals surface area contributed by atoms with Crippen LogP contribution in [0, 0.1) is 0 Å². The first kappa shape index (κ1) is 19.9. The van der Waals surface area contributed by atoms with Crippen LogP contribution in [0.3, 0.4) is 0 Å². The molecule has 3 rings (SSSR count). The van der Waals surface area contributed by atoms with Crippen LogP contribution in [0.25, 0.3) is 5.57 Å². The Morgan fingerprint density at radius 2 is 1.41 bits per heavy atom. The normalized spacial score (nSPS) is 12.5. The molecule has 0 saturated heterocycles. The fourth-order valence-corrected chi connectivity index (χ4v) is 7.20. The molecule has 0 bridgehead atoms. The van der Waals surface area contributed by atoms with Gasteiger partial charge in [0.2, 0.25) is 0 Å². The number of rotatable bonds is 6. The maximum absolute atomic E-state index is 13.0. The predicted molar refractivity (Wildman–Crippen MR) is 114 cm³/mol. The standard InChI is InChI=1S/C22H19ClO2SSe/c1-17(18-12-14-19(23)15-13-18)22(27-21-10-6-3-7-11-21)16-26(24,25)20-8-4-2-5-9-20/h2-15H,16H2,1H3/b22-17+. The summed E-state index contributed by atoms with van der Waals surface area (Å²) in [4.78, 5) is 0.357. The van der Waals surface area contributed by atoms with Crippen molar-refractivity contribution in [1.29, 1.82) is 0 Å². The molecule has 0 unspecified atom stereocenters. The third-order valence-corrected chi connectivity index (χ3v) is 8.95. The number of hydrogen-bond donors (Lipinski definition) is 0. The van der Waals surface area contributed by atoms with Crippen LogP contribution < -0.4 is 4.46 Å². The minimum absolute atomic E-state index is 0.0143. The van der Waals surface area contributed by atoms with E-state index in [0.717, 1.165) is 20.1 Å². The Bertz CT molecular complexity index is 1030. The van der Waals surface area contributed by atoms with E-state index in [4.69, 9.17) is 11.6 Å². The Balaban J connectivity index is 2.02. The Morgan fingerprint density at radius 1 is 0.852 bits per heavy atom. The summed E-state index contributed by atoms with van der Waals surface area (Å²) in [6, 6.07) is 26.2. The molecule has 0 saturated carbocycles. The molecule has 0 aliphatic rings. The van der Waals surface area contributed by atoms with Gasteiger partial charge in [0.25, 0.3) is 0 Å². The van der Waals surface area contributed by atoms with E-state index in [9.17, 15) is 8.42 Å². The second kappa shape index (κ2) is 8.90. The summed E-state index contributed by atoms with van der Waals surface area (Å²) in [6.45, 7) is 1.99. The van der Waals surface area contributed by atoms with Crippen molar-refractivity contribution in [3.05, 3.63) is 100.0 Å². The van der Waals surface area contributed by atoms with Crippen LogP contribution in [0.15, 0.2) is 94.3 Å². The Labute approximate surface area is 172 Å². The van der Waals surface area contributed by atoms with Crippen molar-refractivity contribution in [3.8, 4) is 0 Å². The van der Waals surface area contributed by atoms with Crippen molar-refractivity contribution < 1.29 is 8.42 Å². The van der Waals surface area contributed by atoms with Gasteiger partial charge in [0.05, 0.1) is 0 Å². The molecule has 0 amide bonds. The van der Waals surface area contributed by atoms with Gasteiger partial charge in [-0.3, -0.25) is 0 Å². The molecule has 0 atom stereocenters. The molecule has 0 radical (unpaired) electrons. The molecule has 0 fully saturated rings. The molecule has 0 spiro atoms. The number of sulfone groups is 1. The predicted octanol–water partition coefficient (Wildman–Crippen LogP) is 4.57. The maximum atomic E-state index is 13.0. The first-order chi connectivity index (χ1) is 13.0. The summed E-state index contributed by atoms with van der Waals surface area (Å²) in [5, 5.41) is 0.665. The Hall–Kier alpha value is -1.84. The second-order valence-electron chi connectivity index (χ2n) is 6.04.